The normalized spacial score (nSPS) is 16.4. The molecule has 0 amide bonds. The maximum atomic E-state index is 6.06. The van der Waals surface area contributed by atoms with E-state index in [1.54, 1.807) is 0 Å². The van der Waals surface area contributed by atoms with Crippen LogP contribution in [0.25, 0.3) is 0 Å². The van der Waals surface area contributed by atoms with Gasteiger partial charge < -0.3 is 15.0 Å². The summed E-state index contributed by atoms with van der Waals surface area (Å²) in [5.74, 6) is 0.931. The zero-order valence-electron chi connectivity index (χ0n) is 14.1. The van der Waals surface area contributed by atoms with E-state index in [0.29, 0.717) is 0 Å². The molecular formula is C17H27ClN4O. The highest BCUT2D eigenvalue weighted by atomic mass is 35.5. The maximum absolute atomic E-state index is 6.06. The predicted molar refractivity (Wildman–Crippen MR) is 96.2 cm³/mol. The number of halogens is 1. The quantitative estimate of drug-likeness (QED) is 0.637. The van der Waals surface area contributed by atoms with Gasteiger partial charge in [0.15, 0.2) is 5.96 Å². The van der Waals surface area contributed by atoms with E-state index in [1.165, 1.54) is 5.56 Å². The summed E-state index contributed by atoms with van der Waals surface area (Å²) in [7, 11) is 2.05. The molecule has 0 bridgehead atoms. The fourth-order valence-electron chi connectivity index (χ4n) is 2.58. The van der Waals surface area contributed by atoms with Crippen LogP contribution in [-0.4, -0.2) is 68.7 Å². The van der Waals surface area contributed by atoms with Gasteiger partial charge in [0.05, 0.1) is 19.8 Å². The van der Waals surface area contributed by atoms with Crippen LogP contribution in [0.2, 0.25) is 5.02 Å². The van der Waals surface area contributed by atoms with Gasteiger partial charge in [-0.05, 0) is 24.6 Å². The van der Waals surface area contributed by atoms with Crippen molar-refractivity contribution in [2.45, 2.75) is 13.5 Å². The largest absolute Gasteiger partial charge is 0.379 e. The van der Waals surface area contributed by atoms with Gasteiger partial charge in [-0.1, -0.05) is 23.7 Å². The first-order chi connectivity index (χ1) is 11.2. The van der Waals surface area contributed by atoms with E-state index in [0.717, 1.165) is 63.5 Å². The highest BCUT2D eigenvalue weighted by Gasteiger charge is 2.10. The van der Waals surface area contributed by atoms with Gasteiger partial charge in [0.25, 0.3) is 0 Å². The second-order valence-electron chi connectivity index (χ2n) is 5.68. The molecule has 0 saturated carbocycles. The molecule has 1 N–H and O–H groups in total. The molecule has 0 spiro atoms. The van der Waals surface area contributed by atoms with Gasteiger partial charge >= 0.3 is 0 Å². The molecule has 1 aromatic rings. The number of guanidine groups is 1. The summed E-state index contributed by atoms with van der Waals surface area (Å²) in [5.41, 5.74) is 1.18. The highest BCUT2D eigenvalue weighted by Crippen LogP contribution is 2.12. The highest BCUT2D eigenvalue weighted by molar-refractivity contribution is 6.30. The van der Waals surface area contributed by atoms with Crippen molar-refractivity contribution < 1.29 is 4.74 Å². The topological polar surface area (TPSA) is 40.1 Å². The Labute approximate surface area is 144 Å². The maximum Gasteiger partial charge on any atom is 0.194 e. The van der Waals surface area contributed by atoms with E-state index in [4.69, 9.17) is 21.3 Å². The van der Waals surface area contributed by atoms with Crippen LogP contribution < -0.4 is 5.32 Å². The van der Waals surface area contributed by atoms with Crippen LogP contribution in [0.4, 0.5) is 0 Å². The number of nitrogens with zero attached hydrogens (tertiary/aromatic N) is 3. The van der Waals surface area contributed by atoms with Crippen molar-refractivity contribution in [1.82, 2.24) is 15.1 Å². The summed E-state index contributed by atoms with van der Waals surface area (Å²) >= 11 is 6.06. The molecule has 23 heavy (non-hydrogen) atoms. The van der Waals surface area contributed by atoms with Crippen LogP contribution in [0, 0.1) is 0 Å². The van der Waals surface area contributed by atoms with Gasteiger partial charge in [0.1, 0.15) is 0 Å². The molecule has 0 radical (unpaired) electrons. The lowest BCUT2D eigenvalue weighted by Gasteiger charge is -2.26. The Bertz CT molecular complexity index is 503. The summed E-state index contributed by atoms with van der Waals surface area (Å²) < 4.78 is 5.37. The first kappa shape index (κ1) is 18.0. The molecule has 0 aliphatic carbocycles. The molecule has 1 heterocycles. The van der Waals surface area contributed by atoms with Crippen LogP contribution in [0.1, 0.15) is 12.5 Å². The molecule has 1 fully saturated rings. The third kappa shape index (κ3) is 6.37. The van der Waals surface area contributed by atoms with Gasteiger partial charge in [-0.3, -0.25) is 9.89 Å². The Morgan fingerprint density at radius 3 is 2.87 bits per heavy atom. The summed E-state index contributed by atoms with van der Waals surface area (Å²) in [6.45, 7) is 9.17. The van der Waals surface area contributed by atoms with Gasteiger partial charge in [-0.25, -0.2) is 0 Å². The van der Waals surface area contributed by atoms with Crippen LogP contribution in [-0.2, 0) is 11.3 Å². The molecule has 128 valence electrons. The Kier molecular flexibility index (Phi) is 7.65. The zero-order chi connectivity index (χ0) is 16.5. The lowest BCUT2D eigenvalue weighted by Crippen LogP contribution is -2.40. The van der Waals surface area contributed by atoms with Crippen molar-refractivity contribution in [3.63, 3.8) is 0 Å². The van der Waals surface area contributed by atoms with Crippen LogP contribution in [0.5, 0.6) is 0 Å². The average Bonchev–Trinajstić information content (AvgIpc) is 2.55. The molecule has 1 aromatic carbocycles. The minimum Gasteiger partial charge on any atom is -0.379 e. The molecule has 0 aromatic heterocycles. The number of nitrogens with one attached hydrogen (secondary N) is 1. The monoisotopic (exact) mass is 338 g/mol. The van der Waals surface area contributed by atoms with Gasteiger partial charge in [0, 0.05) is 44.8 Å². The number of rotatable bonds is 6. The Hall–Kier alpha value is -1.30. The lowest BCUT2D eigenvalue weighted by molar-refractivity contribution is 0.0394. The number of benzene rings is 1. The van der Waals surface area contributed by atoms with Crippen LogP contribution in [0.15, 0.2) is 29.3 Å². The van der Waals surface area contributed by atoms with E-state index < -0.39 is 0 Å². The molecule has 1 saturated heterocycles. The van der Waals surface area contributed by atoms with Crippen molar-refractivity contribution in [1.29, 1.82) is 0 Å². The minimum atomic E-state index is 0.769. The number of aliphatic imine (C=N–C) groups is 1. The second kappa shape index (κ2) is 9.75. The molecule has 0 unspecified atom stereocenters. The van der Waals surface area contributed by atoms with E-state index in [1.807, 2.05) is 18.2 Å². The van der Waals surface area contributed by atoms with Crippen molar-refractivity contribution in [3.05, 3.63) is 34.9 Å². The number of hydrogen-bond acceptors (Lipinski definition) is 3. The summed E-state index contributed by atoms with van der Waals surface area (Å²) in [6.07, 6.45) is 0. The third-order valence-electron chi connectivity index (χ3n) is 3.79. The zero-order valence-corrected chi connectivity index (χ0v) is 14.9. The molecule has 0 atom stereocenters. The number of morpholine rings is 1. The Morgan fingerprint density at radius 2 is 2.17 bits per heavy atom. The van der Waals surface area contributed by atoms with Crippen molar-refractivity contribution in [3.8, 4) is 0 Å². The molecular weight excluding hydrogens is 312 g/mol. The molecule has 5 nitrogen and oxygen atoms in total. The standard InChI is InChI=1S/C17H27ClN4O/c1-3-19-17(20-7-8-22-9-11-23-12-10-22)21(2)14-15-5-4-6-16(18)13-15/h4-6,13H,3,7-12,14H2,1-2H3,(H,19,20). The van der Waals surface area contributed by atoms with E-state index >= 15 is 0 Å². The minimum absolute atomic E-state index is 0.769. The Balaban J connectivity index is 1.88. The van der Waals surface area contributed by atoms with Gasteiger partial charge in [-0.2, -0.15) is 0 Å². The lowest BCUT2D eigenvalue weighted by atomic mass is 10.2. The first-order valence-electron chi connectivity index (χ1n) is 8.23. The van der Waals surface area contributed by atoms with E-state index in [9.17, 15) is 0 Å². The molecule has 1 aliphatic rings. The molecule has 6 heteroatoms. The van der Waals surface area contributed by atoms with Crippen LogP contribution in [0.3, 0.4) is 0 Å². The predicted octanol–water partition coefficient (Wildman–Crippen LogP) is 2.07. The van der Waals surface area contributed by atoms with Gasteiger partial charge in [-0.15, -0.1) is 0 Å². The van der Waals surface area contributed by atoms with Crippen molar-refractivity contribution in [2.24, 2.45) is 4.99 Å². The van der Waals surface area contributed by atoms with E-state index in [2.05, 4.69) is 35.2 Å². The Morgan fingerprint density at radius 1 is 1.39 bits per heavy atom. The second-order valence-corrected chi connectivity index (χ2v) is 6.11. The summed E-state index contributed by atoms with van der Waals surface area (Å²) in [6, 6.07) is 7.95. The fraction of sp³-hybridized carbons (Fsp3) is 0.588. The van der Waals surface area contributed by atoms with E-state index in [-0.39, 0.29) is 0 Å². The molecule has 2 rings (SSSR count). The van der Waals surface area contributed by atoms with Crippen LogP contribution >= 0.6 is 11.6 Å². The van der Waals surface area contributed by atoms with Gasteiger partial charge in [0.2, 0.25) is 0 Å². The fourth-order valence-corrected chi connectivity index (χ4v) is 2.79. The first-order valence-corrected chi connectivity index (χ1v) is 8.61. The molecule has 1 aliphatic heterocycles. The third-order valence-corrected chi connectivity index (χ3v) is 4.02. The summed E-state index contributed by atoms with van der Waals surface area (Å²) in [5, 5.41) is 4.12. The van der Waals surface area contributed by atoms with Crippen molar-refractivity contribution >= 4 is 17.6 Å². The van der Waals surface area contributed by atoms with Crippen molar-refractivity contribution in [2.75, 3.05) is 53.0 Å². The average molecular weight is 339 g/mol. The number of ether oxygens (including phenoxy) is 1. The smallest absolute Gasteiger partial charge is 0.194 e. The summed E-state index contributed by atoms with van der Waals surface area (Å²) in [4.78, 5) is 9.27. The SMILES string of the molecule is CCNC(=NCCN1CCOCC1)N(C)Cc1cccc(Cl)c1. The number of hydrogen-bond donors (Lipinski definition) is 1.